The molecule has 11 nitrogen and oxygen atoms in total. The van der Waals surface area contributed by atoms with Crippen LogP contribution in [0, 0.1) is 5.82 Å². The highest BCUT2D eigenvalue weighted by Gasteiger charge is 2.49. The Bertz CT molecular complexity index is 2030. The van der Waals surface area contributed by atoms with E-state index in [9.17, 15) is 14.3 Å². The lowest BCUT2D eigenvalue weighted by atomic mass is 9.95. The third-order valence-corrected chi connectivity index (χ3v) is 12.0. The predicted molar refractivity (Wildman–Crippen MR) is 193 cm³/mol. The molecule has 0 aliphatic carbocycles. The number of halogens is 2. The van der Waals surface area contributed by atoms with Gasteiger partial charge in [-0.3, -0.25) is 14.4 Å². The maximum Gasteiger partial charge on any atom is 0.318 e. The number of ether oxygens (including phenoxy) is 1. The molecule has 2 aromatic heterocycles. The third kappa shape index (κ3) is 5.81. The number of carbonyl (C=O) groups excluding carboxylic acids is 1. The molecule has 1 amide bonds. The van der Waals surface area contributed by atoms with Crippen LogP contribution < -0.4 is 14.5 Å². The summed E-state index contributed by atoms with van der Waals surface area (Å²) in [7, 11) is 0. The van der Waals surface area contributed by atoms with Gasteiger partial charge in [0.05, 0.1) is 30.0 Å². The molecule has 13 heteroatoms. The van der Waals surface area contributed by atoms with E-state index in [4.69, 9.17) is 19.8 Å². The molecule has 0 saturated carbocycles. The largest absolute Gasteiger partial charge is 0.508 e. The smallest absolute Gasteiger partial charge is 0.318 e. The van der Waals surface area contributed by atoms with E-state index in [2.05, 4.69) is 14.7 Å². The van der Waals surface area contributed by atoms with Crippen molar-refractivity contribution in [3.63, 3.8) is 0 Å². The number of rotatable bonds is 7. The van der Waals surface area contributed by atoms with E-state index in [-0.39, 0.29) is 29.0 Å². The molecule has 52 heavy (non-hydrogen) atoms. The number of aromatic hydroxyl groups is 1. The van der Waals surface area contributed by atoms with Crippen molar-refractivity contribution in [3.8, 4) is 11.8 Å². The second kappa shape index (κ2) is 13.2. The zero-order valence-electron chi connectivity index (χ0n) is 29.8. The Kier molecular flexibility index (Phi) is 8.43. The van der Waals surface area contributed by atoms with Gasteiger partial charge in [0.15, 0.2) is 5.69 Å². The van der Waals surface area contributed by atoms with Crippen molar-refractivity contribution < 1.29 is 23.4 Å². The SMILES string of the molecule is CCc1c(F)ccc2cc(O)cc(N3CCc4c(nc(OC[C@@]56CCCN5C[C@H](F)C6)nc4N4CCCn5nc(C(=O)N6CCCC6)cc5C4)C3)c12. The number of anilines is 2. The lowest BCUT2D eigenvalue weighted by Gasteiger charge is -2.35. The van der Waals surface area contributed by atoms with Gasteiger partial charge in [-0.2, -0.15) is 15.1 Å². The zero-order valence-corrected chi connectivity index (χ0v) is 29.8. The lowest BCUT2D eigenvalue weighted by Crippen LogP contribution is -2.43. The summed E-state index contributed by atoms with van der Waals surface area (Å²) in [6.45, 7) is 8.15. The average Bonchev–Trinajstić information content (AvgIpc) is 3.93. The monoisotopic (exact) mass is 712 g/mol. The van der Waals surface area contributed by atoms with E-state index < -0.39 is 6.17 Å². The van der Waals surface area contributed by atoms with Crippen LogP contribution in [0.25, 0.3) is 10.8 Å². The number of aromatic nitrogens is 4. The van der Waals surface area contributed by atoms with Gasteiger partial charge in [0.2, 0.25) is 0 Å². The van der Waals surface area contributed by atoms with Gasteiger partial charge in [-0.1, -0.05) is 13.0 Å². The van der Waals surface area contributed by atoms with Crippen LogP contribution in [0.1, 0.15) is 78.5 Å². The molecular formula is C39H46F2N8O3. The predicted octanol–water partition coefficient (Wildman–Crippen LogP) is 5.40. The van der Waals surface area contributed by atoms with Crippen LogP contribution in [0.4, 0.5) is 20.3 Å². The number of hydrogen-bond acceptors (Lipinski definition) is 9. The molecule has 9 rings (SSSR count). The highest BCUT2D eigenvalue weighted by Crippen LogP contribution is 2.42. The topological polar surface area (TPSA) is 103 Å². The van der Waals surface area contributed by atoms with Crippen molar-refractivity contribution in [2.75, 3.05) is 55.7 Å². The van der Waals surface area contributed by atoms with Crippen molar-refractivity contribution in [3.05, 3.63) is 64.4 Å². The molecule has 3 saturated heterocycles. The number of phenolic OH excluding ortho intramolecular Hbond substituents is 1. The number of amides is 1. The Hall–Kier alpha value is -4.52. The van der Waals surface area contributed by atoms with E-state index in [0.717, 1.165) is 97.5 Å². The molecule has 5 aliphatic heterocycles. The molecule has 7 heterocycles. The Balaban J connectivity index is 1.07. The van der Waals surface area contributed by atoms with E-state index in [1.807, 2.05) is 22.6 Å². The molecule has 0 unspecified atom stereocenters. The van der Waals surface area contributed by atoms with Crippen LogP contribution in [0.5, 0.6) is 11.8 Å². The van der Waals surface area contributed by atoms with Gasteiger partial charge >= 0.3 is 6.01 Å². The second-order valence-corrected chi connectivity index (χ2v) is 15.3. The summed E-state index contributed by atoms with van der Waals surface area (Å²) in [4.78, 5) is 31.9. The van der Waals surface area contributed by atoms with E-state index in [0.29, 0.717) is 69.9 Å². The van der Waals surface area contributed by atoms with Crippen LogP contribution in [-0.2, 0) is 32.5 Å². The molecular weight excluding hydrogens is 666 g/mol. The van der Waals surface area contributed by atoms with Gasteiger partial charge in [-0.05, 0) is 80.6 Å². The first-order valence-corrected chi connectivity index (χ1v) is 19.0. The molecule has 2 aromatic carbocycles. The van der Waals surface area contributed by atoms with Gasteiger partial charge < -0.3 is 24.5 Å². The fraction of sp³-hybridized carbons (Fsp3) is 0.538. The summed E-state index contributed by atoms with van der Waals surface area (Å²) < 4.78 is 38.2. The first kappa shape index (κ1) is 33.3. The van der Waals surface area contributed by atoms with Gasteiger partial charge in [0.25, 0.3) is 5.91 Å². The van der Waals surface area contributed by atoms with Crippen LogP contribution in [-0.4, -0.2) is 98.1 Å². The average molecular weight is 713 g/mol. The summed E-state index contributed by atoms with van der Waals surface area (Å²) in [6.07, 6.45) is 5.52. The fourth-order valence-electron chi connectivity index (χ4n) is 9.47. The number of nitrogens with zero attached hydrogens (tertiary/aromatic N) is 8. The van der Waals surface area contributed by atoms with Gasteiger partial charge in [0.1, 0.15) is 30.2 Å². The highest BCUT2D eigenvalue weighted by atomic mass is 19.1. The summed E-state index contributed by atoms with van der Waals surface area (Å²) >= 11 is 0. The Morgan fingerprint density at radius 1 is 1.00 bits per heavy atom. The molecule has 1 N–H and O–H groups in total. The summed E-state index contributed by atoms with van der Waals surface area (Å²) in [5, 5.41) is 17.1. The summed E-state index contributed by atoms with van der Waals surface area (Å²) in [5.74, 6) is 0.667. The first-order chi connectivity index (χ1) is 25.3. The van der Waals surface area contributed by atoms with E-state index >= 15 is 4.39 Å². The quantitative estimate of drug-likeness (QED) is 0.270. The molecule has 3 fully saturated rings. The molecule has 0 radical (unpaired) electrons. The molecule has 5 aliphatic rings. The van der Waals surface area contributed by atoms with Crippen molar-refractivity contribution in [1.82, 2.24) is 29.5 Å². The van der Waals surface area contributed by atoms with Gasteiger partial charge in [-0.15, -0.1) is 0 Å². The molecule has 274 valence electrons. The molecule has 0 spiro atoms. The van der Waals surface area contributed by atoms with Gasteiger partial charge in [0, 0.05) is 68.4 Å². The Morgan fingerprint density at radius 3 is 2.71 bits per heavy atom. The van der Waals surface area contributed by atoms with E-state index in [1.54, 1.807) is 18.2 Å². The maximum absolute atomic E-state index is 15.1. The fourth-order valence-corrected chi connectivity index (χ4v) is 9.47. The number of hydrogen-bond donors (Lipinski definition) is 1. The molecule has 2 atom stereocenters. The van der Waals surface area contributed by atoms with Crippen molar-refractivity contribution in [1.29, 1.82) is 0 Å². The summed E-state index contributed by atoms with van der Waals surface area (Å²) in [6, 6.07) is 8.81. The van der Waals surface area contributed by atoms with Crippen LogP contribution in [0.2, 0.25) is 0 Å². The Labute approximate surface area is 302 Å². The molecule has 4 aromatic rings. The first-order valence-electron chi connectivity index (χ1n) is 19.0. The van der Waals surface area contributed by atoms with Crippen LogP contribution >= 0.6 is 0 Å². The third-order valence-electron chi connectivity index (χ3n) is 12.0. The number of alkyl halides is 1. The highest BCUT2D eigenvalue weighted by molar-refractivity contribution is 5.98. The standard InChI is InChI=1S/C39H46F2N8O3/c1-2-29-31(41)8-7-25-17-28(50)19-34(35(25)29)46-16-9-30-33(23-46)42-38(52-24-39-10-5-14-48(39)21-26(40)20-39)43-36(30)47-13-6-15-49-27(22-47)18-32(44-49)37(51)45-11-3-4-12-45/h7-8,17-19,26,50H,2-6,9-16,20-24H2,1H3/t26-,39+/m1/s1. The zero-order chi connectivity index (χ0) is 35.6. The molecule has 0 bridgehead atoms. The van der Waals surface area contributed by atoms with Gasteiger partial charge in [-0.25, -0.2) is 8.78 Å². The van der Waals surface area contributed by atoms with Crippen LogP contribution in [0.15, 0.2) is 30.3 Å². The lowest BCUT2D eigenvalue weighted by molar-refractivity contribution is 0.0786. The number of likely N-dealkylation sites (tertiary alicyclic amines) is 1. The number of benzene rings is 2. The number of phenols is 1. The van der Waals surface area contributed by atoms with Crippen molar-refractivity contribution in [2.45, 2.75) is 89.6 Å². The minimum atomic E-state index is -0.864. The minimum Gasteiger partial charge on any atom is -0.508 e. The number of fused-ring (bicyclic) bond motifs is 4. The number of carbonyl (C=O) groups is 1. The van der Waals surface area contributed by atoms with E-state index in [1.165, 1.54) is 6.07 Å². The van der Waals surface area contributed by atoms with Crippen molar-refractivity contribution in [2.24, 2.45) is 0 Å². The summed E-state index contributed by atoms with van der Waals surface area (Å²) in [5.41, 5.74) is 4.35. The van der Waals surface area contributed by atoms with Crippen molar-refractivity contribution >= 4 is 28.2 Å². The second-order valence-electron chi connectivity index (χ2n) is 15.3. The Morgan fingerprint density at radius 2 is 1.87 bits per heavy atom. The normalized spacial score (nSPS) is 23.2. The minimum absolute atomic E-state index is 0.00633. The van der Waals surface area contributed by atoms with Crippen LogP contribution in [0.3, 0.4) is 0 Å². The maximum atomic E-state index is 15.1. The number of aryl methyl sites for hydroxylation is 2.